The molecule has 1 aliphatic rings. The van der Waals surface area contributed by atoms with Crippen molar-refractivity contribution in [2.45, 2.75) is 65.8 Å². The first-order chi connectivity index (χ1) is 12.1. The molecule has 0 saturated carbocycles. The van der Waals surface area contributed by atoms with Gasteiger partial charge in [0.15, 0.2) is 0 Å². The summed E-state index contributed by atoms with van der Waals surface area (Å²) in [4.78, 5) is 15.0. The fourth-order valence-corrected chi connectivity index (χ4v) is 3.71. The normalized spacial score (nSPS) is 17.4. The van der Waals surface area contributed by atoms with E-state index < -0.39 is 0 Å². The second-order valence-electron chi connectivity index (χ2n) is 7.64. The number of nitrogens with zero attached hydrogens (tertiary/aromatic N) is 1. The minimum Gasteiger partial charge on any atom is -0.356 e. The van der Waals surface area contributed by atoms with Gasteiger partial charge in [0, 0.05) is 19.0 Å². The van der Waals surface area contributed by atoms with Crippen LogP contribution in [0.4, 0.5) is 0 Å². The average molecular weight is 345 g/mol. The predicted molar refractivity (Wildman–Crippen MR) is 105 cm³/mol. The van der Waals surface area contributed by atoms with E-state index in [1.54, 1.807) is 0 Å². The van der Waals surface area contributed by atoms with Crippen LogP contribution in [0.5, 0.6) is 0 Å². The van der Waals surface area contributed by atoms with Gasteiger partial charge in [0.25, 0.3) is 0 Å². The van der Waals surface area contributed by atoms with Gasteiger partial charge in [0.1, 0.15) is 0 Å². The maximum Gasteiger partial charge on any atom is 0.223 e. The van der Waals surface area contributed by atoms with Gasteiger partial charge in [-0.05, 0) is 56.3 Å². The van der Waals surface area contributed by atoms with Crippen molar-refractivity contribution in [2.75, 3.05) is 19.6 Å². The Hall–Kier alpha value is -1.35. The van der Waals surface area contributed by atoms with Crippen molar-refractivity contribution in [3.63, 3.8) is 0 Å². The molecular formula is C22H36N2O. The summed E-state index contributed by atoms with van der Waals surface area (Å²) < 4.78 is 0. The van der Waals surface area contributed by atoms with Crippen LogP contribution in [0.3, 0.4) is 0 Å². The Morgan fingerprint density at radius 3 is 2.60 bits per heavy atom. The van der Waals surface area contributed by atoms with Crippen LogP contribution in [0.15, 0.2) is 24.3 Å². The first kappa shape index (κ1) is 20.0. The fraction of sp³-hybridized carbons (Fsp3) is 0.682. The van der Waals surface area contributed by atoms with Crippen molar-refractivity contribution >= 4 is 5.91 Å². The van der Waals surface area contributed by atoms with Crippen LogP contribution in [-0.2, 0) is 11.3 Å². The molecule has 0 unspecified atom stereocenters. The van der Waals surface area contributed by atoms with Crippen LogP contribution in [0, 0.1) is 18.8 Å². The number of amides is 1. The Kier molecular flexibility index (Phi) is 8.47. The Balaban J connectivity index is 1.72. The van der Waals surface area contributed by atoms with Crippen molar-refractivity contribution < 1.29 is 4.79 Å². The van der Waals surface area contributed by atoms with Crippen molar-refractivity contribution in [1.29, 1.82) is 0 Å². The van der Waals surface area contributed by atoms with Crippen LogP contribution in [0.25, 0.3) is 0 Å². The lowest BCUT2D eigenvalue weighted by molar-refractivity contribution is -0.126. The van der Waals surface area contributed by atoms with Gasteiger partial charge in [-0.15, -0.1) is 0 Å². The van der Waals surface area contributed by atoms with Gasteiger partial charge < -0.3 is 5.32 Å². The molecule has 2 rings (SSSR count). The third-order valence-corrected chi connectivity index (χ3v) is 5.72. The molecule has 1 heterocycles. The number of aryl methyl sites for hydroxylation is 1. The number of nitrogens with one attached hydrogen (secondary N) is 1. The molecule has 0 radical (unpaired) electrons. The molecule has 1 saturated heterocycles. The molecule has 0 aliphatic carbocycles. The number of benzene rings is 1. The van der Waals surface area contributed by atoms with E-state index in [0.717, 1.165) is 45.4 Å². The standard InChI is InChI=1S/C22H36N2O/c1-4-6-10-19(5-2)16-23-22(25)20-12-14-24(15-13-20)17-21-11-8-7-9-18(21)3/h7-9,11,19-20H,4-6,10,12-17H2,1-3H3,(H,23,25)/t19-/m1/s1. The summed E-state index contributed by atoms with van der Waals surface area (Å²) >= 11 is 0. The quantitative estimate of drug-likeness (QED) is 0.713. The summed E-state index contributed by atoms with van der Waals surface area (Å²) in [5.74, 6) is 1.13. The van der Waals surface area contributed by atoms with Gasteiger partial charge in [-0.1, -0.05) is 57.4 Å². The van der Waals surface area contributed by atoms with E-state index in [9.17, 15) is 4.79 Å². The number of hydrogen-bond donors (Lipinski definition) is 1. The van der Waals surface area contributed by atoms with E-state index in [2.05, 4.69) is 55.3 Å². The molecule has 25 heavy (non-hydrogen) atoms. The van der Waals surface area contributed by atoms with Crippen LogP contribution in [0.2, 0.25) is 0 Å². The number of carbonyl (C=O) groups excluding carboxylic acids is 1. The third-order valence-electron chi connectivity index (χ3n) is 5.72. The van der Waals surface area contributed by atoms with Gasteiger partial charge >= 0.3 is 0 Å². The summed E-state index contributed by atoms with van der Waals surface area (Å²) in [5.41, 5.74) is 2.77. The summed E-state index contributed by atoms with van der Waals surface area (Å²) in [6.45, 7) is 10.6. The van der Waals surface area contributed by atoms with Gasteiger partial charge in [0.05, 0.1) is 0 Å². The summed E-state index contributed by atoms with van der Waals surface area (Å²) in [7, 11) is 0. The number of unbranched alkanes of at least 4 members (excludes halogenated alkanes) is 1. The van der Waals surface area contributed by atoms with Crippen LogP contribution < -0.4 is 5.32 Å². The number of rotatable bonds is 9. The average Bonchev–Trinajstić information content (AvgIpc) is 2.64. The van der Waals surface area contributed by atoms with E-state index in [4.69, 9.17) is 0 Å². The highest BCUT2D eigenvalue weighted by Crippen LogP contribution is 2.21. The summed E-state index contributed by atoms with van der Waals surface area (Å²) in [6.07, 6.45) is 6.89. The first-order valence-electron chi connectivity index (χ1n) is 10.2. The SMILES string of the molecule is CCCC[C@@H](CC)CNC(=O)C1CCN(Cc2ccccc2C)CC1. The second kappa shape index (κ2) is 10.6. The van der Waals surface area contributed by atoms with Crippen molar-refractivity contribution in [1.82, 2.24) is 10.2 Å². The van der Waals surface area contributed by atoms with Crippen molar-refractivity contribution in [3.05, 3.63) is 35.4 Å². The van der Waals surface area contributed by atoms with Crippen LogP contribution in [0.1, 0.15) is 63.5 Å². The monoisotopic (exact) mass is 344 g/mol. The molecular weight excluding hydrogens is 308 g/mol. The molecule has 1 N–H and O–H groups in total. The number of hydrogen-bond acceptors (Lipinski definition) is 2. The van der Waals surface area contributed by atoms with Crippen LogP contribution >= 0.6 is 0 Å². The summed E-state index contributed by atoms with van der Waals surface area (Å²) in [6, 6.07) is 8.61. The number of piperidine rings is 1. The number of carbonyl (C=O) groups is 1. The minimum absolute atomic E-state index is 0.205. The topological polar surface area (TPSA) is 32.3 Å². The van der Waals surface area contributed by atoms with Gasteiger partial charge in [-0.25, -0.2) is 0 Å². The molecule has 0 aromatic heterocycles. The van der Waals surface area contributed by atoms with Gasteiger partial charge in [0.2, 0.25) is 5.91 Å². The lowest BCUT2D eigenvalue weighted by Crippen LogP contribution is -2.41. The molecule has 1 atom stereocenters. The molecule has 3 heteroatoms. The van der Waals surface area contributed by atoms with E-state index in [0.29, 0.717) is 5.92 Å². The zero-order valence-electron chi connectivity index (χ0n) is 16.4. The molecule has 3 nitrogen and oxygen atoms in total. The maximum atomic E-state index is 12.5. The van der Waals surface area contributed by atoms with Crippen molar-refractivity contribution in [2.24, 2.45) is 11.8 Å². The molecule has 0 spiro atoms. The Bertz CT molecular complexity index is 521. The van der Waals surface area contributed by atoms with Gasteiger partial charge in [-0.2, -0.15) is 0 Å². The first-order valence-corrected chi connectivity index (χ1v) is 10.2. The summed E-state index contributed by atoms with van der Waals surface area (Å²) in [5, 5.41) is 3.23. The molecule has 0 bridgehead atoms. The predicted octanol–water partition coefficient (Wildman–Crippen LogP) is 4.54. The highest BCUT2D eigenvalue weighted by Gasteiger charge is 2.25. The van der Waals surface area contributed by atoms with E-state index >= 15 is 0 Å². The second-order valence-corrected chi connectivity index (χ2v) is 7.64. The highest BCUT2D eigenvalue weighted by molar-refractivity contribution is 5.78. The lowest BCUT2D eigenvalue weighted by atomic mass is 9.94. The molecule has 1 aliphatic heterocycles. The highest BCUT2D eigenvalue weighted by atomic mass is 16.1. The molecule has 1 aromatic rings. The van der Waals surface area contributed by atoms with Crippen molar-refractivity contribution in [3.8, 4) is 0 Å². The molecule has 1 aromatic carbocycles. The van der Waals surface area contributed by atoms with E-state index in [1.807, 2.05) is 0 Å². The molecule has 1 fully saturated rings. The fourth-order valence-electron chi connectivity index (χ4n) is 3.71. The Labute approximate surface area is 154 Å². The Morgan fingerprint density at radius 1 is 1.24 bits per heavy atom. The third kappa shape index (κ3) is 6.47. The van der Waals surface area contributed by atoms with E-state index in [-0.39, 0.29) is 11.8 Å². The number of likely N-dealkylation sites (tertiary alicyclic amines) is 1. The molecule has 140 valence electrons. The zero-order chi connectivity index (χ0) is 18.1. The smallest absolute Gasteiger partial charge is 0.223 e. The minimum atomic E-state index is 0.205. The largest absolute Gasteiger partial charge is 0.356 e. The lowest BCUT2D eigenvalue weighted by Gasteiger charge is -2.32. The zero-order valence-corrected chi connectivity index (χ0v) is 16.4. The molecule has 1 amide bonds. The Morgan fingerprint density at radius 2 is 1.96 bits per heavy atom. The maximum absolute atomic E-state index is 12.5. The van der Waals surface area contributed by atoms with E-state index in [1.165, 1.54) is 30.4 Å². The van der Waals surface area contributed by atoms with Crippen LogP contribution in [-0.4, -0.2) is 30.4 Å². The van der Waals surface area contributed by atoms with Gasteiger partial charge in [-0.3, -0.25) is 9.69 Å².